The lowest BCUT2D eigenvalue weighted by atomic mass is 10.1. The summed E-state index contributed by atoms with van der Waals surface area (Å²) in [5.41, 5.74) is 1.54. The molecule has 0 spiro atoms. The maximum Gasteiger partial charge on any atom is 0.335 e. The smallest absolute Gasteiger partial charge is 0.335 e. The van der Waals surface area contributed by atoms with Crippen LogP contribution in [-0.2, 0) is 11.3 Å². The van der Waals surface area contributed by atoms with Crippen molar-refractivity contribution in [3.8, 4) is 5.75 Å². The van der Waals surface area contributed by atoms with Gasteiger partial charge in [-0.1, -0.05) is 24.3 Å². The highest BCUT2D eigenvalue weighted by atomic mass is 16.5. The first-order valence-electron chi connectivity index (χ1n) is 8.13. The summed E-state index contributed by atoms with van der Waals surface area (Å²) in [6.07, 6.45) is -0.722. The summed E-state index contributed by atoms with van der Waals surface area (Å²) in [5.74, 6) is -0.828. The largest absolute Gasteiger partial charge is 0.481 e. The molecule has 1 atom stereocenters. The van der Waals surface area contributed by atoms with Gasteiger partial charge in [-0.2, -0.15) is 0 Å². The predicted octanol–water partition coefficient (Wildman–Crippen LogP) is 3.01. The molecule has 0 radical (unpaired) electrons. The van der Waals surface area contributed by atoms with Crippen LogP contribution in [0.25, 0.3) is 0 Å². The highest BCUT2D eigenvalue weighted by Crippen LogP contribution is 2.16. The van der Waals surface area contributed by atoms with Gasteiger partial charge in [0.15, 0.2) is 11.9 Å². The predicted molar refractivity (Wildman–Crippen MR) is 96.4 cm³/mol. The number of carboxylic acid groups (broad SMARTS) is 1. The fourth-order valence-electron chi connectivity index (χ4n) is 2.46. The third-order valence-electron chi connectivity index (χ3n) is 3.90. The van der Waals surface area contributed by atoms with Crippen LogP contribution in [0.15, 0.2) is 48.5 Å². The molecule has 0 aliphatic carbocycles. The van der Waals surface area contributed by atoms with Crippen molar-refractivity contribution in [2.45, 2.75) is 26.5 Å². The van der Waals surface area contributed by atoms with Crippen LogP contribution in [0.4, 0.5) is 0 Å². The minimum absolute atomic E-state index is 0.0728. The number of amides is 1. The summed E-state index contributed by atoms with van der Waals surface area (Å²) in [6.45, 7) is 3.45. The van der Waals surface area contributed by atoms with Crippen LogP contribution >= 0.6 is 0 Å². The Kier molecular flexibility index (Phi) is 6.11. The molecule has 1 amide bonds. The van der Waals surface area contributed by atoms with Crippen molar-refractivity contribution >= 4 is 17.7 Å². The summed E-state index contributed by atoms with van der Waals surface area (Å²) in [6, 6.07) is 13.1. The quantitative estimate of drug-likeness (QED) is 0.772. The number of nitrogens with zero attached hydrogens (tertiary/aromatic N) is 1. The summed E-state index contributed by atoms with van der Waals surface area (Å²) < 4.78 is 5.66. The van der Waals surface area contributed by atoms with Gasteiger partial charge in [-0.25, -0.2) is 4.79 Å². The zero-order chi connectivity index (χ0) is 19.3. The molecular weight excluding hydrogens is 334 g/mol. The van der Waals surface area contributed by atoms with Gasteiger partial charge in [0.2, 0.25) is 0 Å². The summed E-state index contributed by atoms with van der Waals surface area (Å²) in [7, 11) is 1.65. The van der Waals surface area contributed by atoms with Crippen LogP contribution in [0.2, 0.25) is 0 Å². The first-order chi connectivity index (χ1) is 12.3. The molecule has 2 aromatic rings. The van der Waals surface area contributed by atoms with Crippen LogP contribution in [0.3, 0.4) is 0 Å². The number of hydrogen-bond acceptors (Lipinski definition) is 4. The number of carbonyl (C=O) groups excluding carboxylic acids is 2. The van der Waals surface area contributed by atoms with E-state index in [9.17, 15) is 14.4 Å². The molecule has 0 saturated carbocycles. The van der Waals surface area contributed by atoms with Crippen LogP contribution in [0.1, 0.15) is 40.1 Å². The van der Waals surface area contributed by atoms with Crippen molar-refractivity contribution in [2.24, 2.45) is 0 Å². The number of carboxylic acids is 1. The Labute approximate surface area is 152 Å². The zero-order valence-corrected chi connectivity index (χ0v) is 14.9. The first-order valence-corrected chi connectivity index (χ1v) is 8.13. The number of ketones is 1. The van der Waals surface area contributed by atoms with Gasteiger partial charge in [0.25, 0.3) is 5.91 Å². The SMILES string of the molecule is CC(=O)c1cccc(OC(C)C(=O)N(C)Cc2ccc(C(=O)O)cc2)c1. The molecule has 1 N–H and O–H groups in total. The minimum atomic E-state index is -0.990. The van der Waals surface area contributed by atoms with Crippen molar-refractivity contribution in [1.82, 2.24) is 4.90 Å². The summed E-state index contributed by atoms with van der Waals surface area (Å²) >= 11 is 0. The van der Waals surface area contributed by atoms with Crippen molar-refractivity contribution in [2.75, 3.05) is 7.05 Å². The molecule has 0 aromatic heterocycles. The van der Waals surface area contributed by atoms with Gasteiger partial charge < -0.3 is 14.7 Å². The summed E-state index contributed by atoms with van der Waals surface area (Å²) in [5, 5.41) is 8.91. The van der Waals surface area contributed by atoms with Crippen LogP contribution < -0.4 is 4.74 Å². The van der Waals surface area contributed by atoms with E-state index in [0.717, 1.165) is 5.56 Å². The van der Waals surface area contributed by atoms with Crippen LogP contribution in [0, 0.1) is 0 Å². The standard InChI is InChI=1S/C20H21NO5/c1-13(22)17-5-4-6-18(11-17)26-14(2)19(23)21(3)12-15-7-9-16(10-8-15)20(24)25/h4-11,14H,12H2,1-3H3,(H,24,25). The minimum Gasteiger partial charge on any atom is -0.481 e. The molecule has 6 nitrogen and oxygen atoms in total. The Morgan fingerprint density at radius 3 is 2.31 bits per heavy atom. The number of ether oxygens (including phenoxy) is 1. The van der Waals surface area contributed by atoms with Gasteiger partial charge in [-0.3, -0.25) is 9.59 Å². The molecule has 0 fully saturated rings. The van der Waals surface area contributed by atoms with Crippen LogP contribution in [0.5, 0.6) is 5.75 Å². The van der Waals surface area contributed by atoms with E-state index in [1.54, 1.807) is 50.4 Å². The fraction of sp³-hybridized carbons (Fsp3) is 0.250. The lowest BCUT2D eigenvalue weighted by Gasteiger charge is -2.22. The molecule has 0 saturated heterocycles. The Hall–Kier alpha value is -3.15. The van der Waals surface area contributed by atoms with Gasteiger partial charge >= 0.3 is 5.97 Å². The lowest BCUT2D eigenvalue weighted by Crippen LogP contribution is -2.37. The van der Waals surface area contributed by atoms with Gasteiger partial charge in [0.1, 0.15) is 5.75 Å². The zero-order valence-electron chi connectivity index (χ0n) is 14.9. The highest BCUT2D eigenvalue weighted by Gasteiger charge is 2.19. The molecule has 0 aliphatic heterocycles. The molecular formula is C20H21NO5. The highest BCUT2D eigenvalue weighted by molar-refractivity contribution is 5.94. The molecule has 0 aliphatic rings. The van der Waals surface area contributed by atoms with Crippen molar-refractivity contribution in [3.63, 3.8) is 0 Å². The van der Waals surface area contributed by atoms with Gasteiger partial charge in [0, 0.05) is 19.2 Å². The van der Waals surface area contributed by atoms with E-state index < -0.39 is 12.1 Å². The third kappa shape index (κ3) is 4.92. The van der Waals surface area contributed by atoms with Crippen LogP contribution in [-0.4, -0.2) is 40.8 Å². The average Bonchev–Trinajstić information content (AvgIpc) is 2.61. The van der Waals surface area contributed by atoms with Crippen molar-refractivity contribution in [1.29, 1.82) is 0 Å². The van der Waals surface area contributed by atoms with Gasteiger partial charge in [-0.15, -0.1) is 0 Å². The van der Waals surface area contributed by atoms with E-state index in [1.165, 1.54) is 24.0 Å². The Bertz CT molecular complexity index is 813. The van der Waals surface area contributed by atoms with Gasteiger partial charge in [0.05, 0.1) is 5.56 Å². The normalized spacial score (nSPS) is 11.5. The lowest BCUT2D eigenvalue weighted by molar-refractivity contribution is -0.137. The van der Waals surface area contributed by atoms with Gasteiger partial charge in [-0.05, 0) is 43.7 Å². The van der Waals surface area contributed by atoms with E-state index in [2.05, 4.69) is 0 Å². The molecule has 0 heterocycles. The third-order valence-corrected chi connectivity index (χ3v) is 3.90. The van der Waals surface area contributed by atoms with Crippen molar-refractivity contribution < 1.29 is 24.2 Å². The fourth-order valence-corrected chi connectivity index (χ4v) is 2.46. The Morgan fingerprint density at radius 1 is 1.08 bits per heavy atom. The van der Waals surface area contributed by atoms with E-state index >= 15 is 0 Å². The van der Waals surface area contributed by atoms with E-state index in [4.69, 9.17) is 9.84 Å². The second kappa shape index (κ2) is 8.29. The topological polar surface area (TPSA) is 83.9 Å². The number of hydrogen-bond donors (Lipinski definition) is 1. The molecule has 2 rings (SSSR count). The monoisotopic (exact) mass is 355 g/mol. The number of rotatable bonds is 7. The molecule has 136 valence electrons. The molecule has 6 heteroatoms. The van der Waals surface area contributed by atoms with Crippen molar-refractivity contribution in [3.05, 3.63) is 65.2 Å². The van der Waals surface area contributed by atoms with E-state index in [0.29, 0.717) is 17.9 Å². The number of likely N-dealkylation sites (N-methyl/N-ethyl adjacent to an activating group) is 1. The molecule has 0 bridgehead atoms. The Morgan fingerprint density at radius 2 is 1.73 bits per heavy atom. The number of Topliss-reactive ketones (excluding diaryl/α,β-unsaturated/α-hetero) is 1. The molecule has 1 unspecified atom stereocenters. The average molecular weight is 355 g/mol. The van der Waals surface area contributed by atoms with E-state index in [1.807, 2.05) is 0 Å². The maximum absolute atomic E-state index is 12.5. The molecule has 26 heavy (non-hydrogen) atoms. The first kappa shape index (κ1) is 19.2. The summed E-state index contributed by atoms with van der Waals surface area (Å²) in [4.78, 5) is 36.3. The number of benzene rings is 2. The number of carbonyl (C=O) groups is 3. The van der Waals surface area contributed by atoms with E-state index in [-0.39, 0.29) is 17.3 Å². The second-order valence-electron chi connectivity index (χ2n) is 6.04. The molecule has 2 aromatic carbocycles. The maximum atomic E-state index is 12.5. The number of aromatic carboxylic acids is 1. The second-order valence-corrected chi connectivity index (χ2v) is 6.04. The Balaban J connectivity index is 1.99.